The molecule has 7 nitrogen and oxygen atoms in total. The van der Waals surface area contributed by atoms with Crippen molar-refractivity contribution in [1.29, 1.82) is 0 Å². The zero-order valence-electron chi connectivity index (χ0n) is 15.9. The Morgan fingerprint density at radius 1 is 1.10 bits per heavy atom. The number of carbonyl (C=O) groups excluding carboxylic acids is 1. The highest BCUT2D eigenvalue weighted by molar-refractivity contribution is 5.99. The molecule has 1 aromatic carbocycles. The van der Waals surface area contributed by atoms with Gasteiger partial charge in [-0.25, -0.2) is 0 Å². The molecule has 29 heavy (non-hydrogen) atoms. The second kappa shape index (κ2) is 8.02. The first-order valence-corrected chi connectivity index (χ1v) is 9.18. The van der Waals surface area contributed by atoms with Crippen molar-refractivity contribution in [3.63, 3.8) is 0 Å². The Morgan fingerprint density at radius 2 is 1.90 bits per heavy atom. The van der Waals surface area contributed by atoms with Crippen molar-refractivity contribution in [3.8, 4) is 11.3 Å². The van der Waals surface area contributed by atoms with E-state index in [0.29, 0.717) is 24.3 Å². The molecule has 1 N–H and O–H groups in total. The second-order valence-electron chi connectivity index (χ2n) is 6.74. The minimum Gasteiger partial charge on any atom is -0.472 e. The fraction of sp³-hybridized carbons (Fsp3) is 0.136. The van der Waals surface area contributed by atoms with E-state index in [4.69, 9.17) is 4.42 Å². The van der Waals surface area contributed by atoms with Gasteiger partial charge < -0.3 is 14.3 Å². The first kappa shape index (κ1) is 18.5. The van der Waals surface area contributed by atoms with Gasteiger partial charge in [0, 0.05) is 37.6 Å². The topological polar surface area (TPSA) is 82.1 Å². The molecule has 4 rings (SSSR count). The number of rotatable bonds is 6. The van der Waals surface area contributed by atoms with Crippen LogP contribution in [0.5, 0.6) is 0 Å². The summed E-state index contributed by atoms with van der Waals surface area (Å²) in [6.07, 6.45) is 6.58. The lowest BCUT2D eigenvalue weighted by atomic mass is 10.1. The van der Waals surface area contributed by atoms with Gasteiger partial charge in [0.15, 0.2) is 0 Å². The zero-order chi connectivity index (χ0) is 20.2. The predicted molar refractivity (Wildman–Crippen MR) is 108 cm³/mol. The minimum absolute atomic E-state index is 0.0336. The van der Waals surface area contributed by atoms with E-state index in [9.17, 15) is 9.59 Å². The molecule has 0 saturated heterocycles. The van der Waals surface area contributed by atoms with Crippen LogP contribution in [0.4, 0.5) is 0 Å². The monoisotopic (exact) mass is 388 g/mol. The van der Waals surface area contributed by atoms with Crippen molar-refractivity contribution in [3.05, 3.63) is 100 Å². The third-order valence-corrected chi connectivity index (χ3v) is 4.60. The lowest BCUT2D eigenvalue weighted by Crippen LogP contribution is -2.23. The van der Waals surface area contributed by atoms with E-state index in [0.717, 1.165) is 16.7 Å². The van der Waals surface area contributed by atoms with Gasteiger partial charge in [-0.05, 0) is 23.3 Å². The number of nitrogens with zero attached hydrogens (tertiary/aromatic N) is 3. The number of hydrogen-bond donors (Lipinski definition) is 1. The molecule has 0 atom stereocenters. The average molecular weight is 388 g/mol. The molecular formula is C22H20N4O3. The van der Waals surface area contributed by atoms with Crippen LogP contribution in [-0.4, -0.2) is 20.3 Å². The maximum absolute atomic E-state index is 12.7. The highest BCUT2D eigenvalue weighted by Gasteiger charge is 2.17. The molecule has 0 unspecified atom stereocenters. The normalized spacial score (nSPS) is 10.8. The van der Waals surface area contributed by atoms with Crippen LogP contribution >= 0.6 is 0 Å². The molecule has 7 heteroatoms. The number of furan rings is 1. The smallest absolute Gasteiger partial charge is 0.255 e. The summed E-state index contributed by atoms with van der Waals surface area (Å²) >= 11 is 0. The van der Waals surface area contributed by atoms with Crippen molar-refractivity contribution in [2.24, 2.45) is 7.05 Å². The van der Waals surface area contributed by atoms with Crippen molar-refractivity contribution in [2.75, 3.05) is 0 Å². The van der Waals surface area contributed by atoms with Gasteiger partial charge in [-0.3, -0.25) is 14.3 Å². The summed E-state index contributed by atoms with van der Waals surface area (Å²) < 4.78 is 8.36. The Morgan fingerprint density at radius 3 is 2.62 bits per heavy atom. The SMILES string of the molecule is Cn1cc(C(=O)NCc2ccc(Cn3ccccc3=O)cc2)c(-c2ccoc2)n1. The van der Waals surface area contributed by atoms with Gasteiger partial charge in [-0.2, -0.15) is 5.10 Å². The first-order valence-electron chi connectivity index (χ1n) is 9.18. The van der Waals surface area contributed by atoms with Gasteiger partial charge in [0.25, 0.3) is 11.5 Å². The largest absolute Gasteiger partial charge is 0.472 e. The number of aromatic nitrogens is 3. The molecule has 3 heterocycles. The summed E-state index contributed by atoms with van der Waals surface area (Å²) in [5.41, 5.74) is 3.79. The lowest BCUT2D eigenvalue weighted by Gasteiger charge is -2.08. The number of aryl methyl sites for hydroxylation is 1. The Hall–Kier alpha value is -3.87. The van der Waals surface area contributed by atoms with Crippen LogP contribution in [0.15, 0.2) is 82.7 Å². The van der Waals surface area contributed by atoms with Crippen LogP contribution in [0.25, 0.3) is 11.3 Å². The average Bonchev–Trinajstić information content (AvgIpc) is 3.38. The van der Waals surface area contributed by atoms with E-state index in [1.807, 2.05) is 30.3 Å². The number of benzene rings is 1. The van der Waals surface area contributed by atoms with Gasteiger partial charge in [-0.15, -0.1) is 0 Å². The highest BCUT2D eigenvalue weighted by Crippen LogP contribution is 2.22. The van der Waals surface area contributed by atoms with E-state index in [2.05, 4.69) is 10.4 Å². The molecule has 0 bridgehead atoms. The first-order chi connectivity index (χ1) is 14.1. The number of pyridine rings is 1. The Kier molecular flexibility index (Phi) is 5.11. The summed E-state index contributed by atoms with van der Waals surface area (Å²) in [4.78, 5) is 24.5. The fourth-order valence-corrected chi connectivity index (χ4v) is 3.10. The van der Waals surface area contributed by atoms with E-state index in [1.54, 1.807) is 59.4 Å². The summed E-state index contributed by atoms with van der Waals surface area (Å²) in [6.45, 7) is 0.903. The van der Waals surface area contributed by atoms with Crippen LogP contribution in [0, 0.1) is 0 Å². The van der Waals surface area contributed by atoms with Gasteiger partial charge in [0.05, 0.1) is 24.6 Å². The molecule has 146 valence electrons. The molecule has 1 amide bonds. The van der Waals surface area contributed by atoms with Crippen LogP contribution in [-0.2, 0) is 20.1 Å². The van der Waals surface area contributed by atoms with Crippen LogP contribution in [0.3, 0.4) is 0 Å². The third-order valence-electron chi connectivity index (χ3n) is 4.60. The number of carbonyl (C=O) groups is 1. The number of amides is 1. The maximum atomic E-state index is 12.7. The van der Waals surface area contributed by atoms with Crippen molar-refractivity contribution < 1.29 is 9.21 Å². The molecule has 3 aromatic heterocycles. The van der Waals surface area contributed by atoms with Crippen LogP contribution < -0.4 is 10.9 Å². The summed E-state index contributed by atoms with van der Waals surface area (Å²) in [5, 5.41) is 7.29. The third kappa shape index (κ3) is 4.19. The Bertz CT molecular complexity index is 1170. The van der Waals surface area contributed by atoms with E-state index >= 15 is 0 Å². The number of nitrogens with one attached hydrogen (secondary N) is 1. The maximum Gasteiger partial charge on any atom is 0.255 e. The molecule has 0 radical (unpaired) electrons. The quantitative estimate of drug-likeness (QED) is 0.551. The van der Waals surface area contributed by atoms with E-state index in [-0.39, 0.29) is 11.5 Å². The molecule has 0 aliphatic rings. The van der Waals surface area contributed by atoms with Gasteiger partial charge in [0.1, 0.15) is 5.69 Å². The highest BCUT2D eigenvalue weighted by atomic mass is 16.3. The summed E-state index contributed by atoms with van der Waals surface area (Å²) in [6, 6.07) is 14.7. The molecule has 0 fully saturated rings. The molecule has 0 saturated carbocycles. The van der Waals surface area contributed by atoms with Gasteiger partial charge in [-0.1, -0.05) is 30.3 Å². The number of hydrogen-bond acceptors (Lipinski definition) is 4. The van der Waals surface area contributed by atoms with Crippen molar-refractivity contribution in [1.82, 2.24) is 19.7 Å². The molecular weight excluding hydrogens is 368 g/mol. The standard InChI is InChI=1S/C22H20N4O3/c1-25-14-19(21(24-25)18-9-11-29-15-18)22(28)23-12-16-5-7-17(8-6-16)13-26-10-3-2-4-20(26)27/h2-11,14-15H,12-13H2,1H3,(H,23,28). The van der Waals surface area contributed by atoms with Crippen LogP contribution in [0.2, 0.25) is 0 Å². The molecule has 0 aliphatic heterocycles. The molecule has 4 aromatic rings. The van der Waals surface area contributed by atoms with E-state index in [1.165, 1.54) is 0 Å². The van der Waals surface area contributed by atoms with Crippen molar-refractivity contribution >= 4 is 5.91 Å². The Labute approximate surface area is 167 Å². The predicted octanol–water partition coefficient (Wildman–Crippen LogP) is 2.82. The summed E-state index contributed by atoms with van der Waals surface area (Å²) in [5.74, 6) is -0.200. The van der Waals surface area contributed by atoms with Crippen molar-refractivity contribution in [2.45, 2.75) is 13.1 Å². The fourth-order valence-electron chi connectivity index (χ4n) is 3.10. The van der Waals surface area contributed by atoms with E-state index < -0.39 is 0 Å². The molecule has 0 spiro atoms. The second-order valence-corrected chi connectivity index (χ2v) is 6.74. The van der Waals surface area contributed by atoms with Gasteiger partial charge >= 0.3 is 0 Å². The minimum atomic E-state index is -0.200. The zero-order valence-corrected chi connectivity index (χ0v) is 15.9. The molecule has 0 aliphatic carbocycles. The summed E-state index contributed by atoms with van der Waals surface area (Å²) in [7, 11) is 1.77. The van der Waals surface area contributed by atoms with Crippen LogP contribution in [0.1, 0.15) is 21.5 Å². The van der Waals surface area contributed by atoms with Gasteiger partial charge in [0.2, 0.25) is 0 Å². The Balaban J connectivity index is 1.41. The lowest BCUT2D eigenvalue weighted by molar-refractivity contribution is 0.0951.